The smallest absolute Gasteiger partial charge is 0.0455 e. The van der Waals surface area contributed by atoms with Crippen molar-refractivity contribution in [3.05, 3.63) is 58.7 Å². The largest absolute Gasteiger partial charge is 0.398 e. The van der Waals surface area contributed by atoms with Crippen LogP contribution in [0.3, 0.4) is 0 Å². The zero-order valence-corrected chi connectivity index (χ0v) is 12.0. The van der Waals surface area contributed by atoms with Crippen LogP contribution in [0.25, 0.3) is 0 Å². The van der Waals surface area contributed by atoms with Crippen molar-refractivity contribution in [1.29, 1.82) is 0 Å². The first-order valence-corrected chi connectivity index (χ1v) is 7.10. The first-order valence-electron chi connectivity index (χ1n) is 6.11. The number of rotatable bonds is 3. The van der Waals surface area contributed by atoms with Crippen LogP contribution in [0.15, 0.2) is 41.3 Å². The van der Waals surface area contributed by atoms with E-state index in [9.17, 15) is 0 Å². The van der Waals surface area contributed by atoms with Gasteiger partial charge in [0.25, 0.3) is 0 Å². The molecule has 0 fully saturated rings. The summed E-state index contributed by atoms with van der Waals surface area (Å²) in [4.78, 5) is 1.21. The molecule has 0 bridgehead atoms. The van der Waals surface area contributed by atoms with Crippen LogP contribution in [0.2, 0.25) is 0 Å². The van der Waals surface area contributed by atoms with Gasteiger partial charge in [-0.15, -0.1) is 11.8 Å². The molecular formula is C16H19NS. The molecule has 0 unspecified atom stereocenters. The number of benzene rings is 2. The van der Waals surface area contributed by atoms with Gasteiger partial charge in [0.15, 0.2) is 0 Å². The minimum atomic E-state index is 0.879. The van der Waals surface area contributed by atoms with Gasteiger partial charge in [-0.25, -0.2) is 0 Å². The standard InChI is InChI=1S/C16H19NS/c1-11-7-12(2)9-14(8-11)10-18-16-13(3)5-4-6-15(16)17/h4-9H,10,17H2,1-3H3. The Morgan fingerprint density at radius 1 is 1.00 bits per heavy atom. The van der Waals surface area contributed by atoms with E-state index in [1.807, 2.05) is 23.9 Å². The number of anilines is 1. The van der Waals surface area contributed by atoms with E-state index in [1.54, 1.807) is 0 Å². The van der Waals surface area contributed by atoms with Crippen LogP contribution in [0.5, 0.6) is 0 Å². The van der Waals surface area contributed by atoms with Crippen molar-refractivity contribution in [3.63, 3.8) is 0 Å². The van der Waals surface area contributed by atoms with Gasteiger partial charge < -0.3 is 5.73 Å². The first-order chi connectivity index (χ1) is 8.56. The molecule has 0 atom stereocenters. The van der Waals surface area contributed by atoms with Crippen molar-refractivity contribution in [1.82, 2.24) is 0 Å². The Balaban J connectivity index is 2.16. The zero-order valence-electron chi connectivity index (χ0n) is 11.2. The van der Waals surface area contributed by atoms with Gasteiger partial charge in [-0.05, 0) is 38.0 Å². The molecule has 2 N–H and O–H groups in total. The molecule has 0 aliphatic heterocycles. The highest BCUT2D eigenvalue weighted by Crippen LogP contribution is 2.31. The van der Waals surface area contributed by atoms with Crippen LogP contribution >= 0.6 is 11.8 Å². The van der Waals surface area contributed by atoms with E-state index in [0.717, 1.165) is 11.4 Å². The third-order valence-electron chi connectivity index (χ3n) is 2.91. The fraction of sp³-hybridized carbons (Fsp3) is 0.250. The highest BCUT2D eigenvalue weighted by molar-refractivity contribution is 7.98. The van der Waals surface area contributed by atoms with Crippen LogP contribution in [-0.4, -0.2) is 0 Å². The zero-order chi connectivity index (χ0) is 13.1. The van der Waals surface area contributed by atoms with E-state index in [4.69, 9.17) is 5.73 Å². The first kappa shape index (κ1) is 13.0. The molecule has 0 amide bonds. The van der Waals surface area contributed by atoms with Gasteiger partial charge >= 0.3 is 0 Å². The van der Waals surface area contributed by atoms with E-state index >= 15 is 0 Å². The van der Waals surface area contributed by atoms with Gasteiger partial charge in [-0.3, -0.25) is 0 Å². The summed E-state index contributed by atoms with van der Waals surface area (Å²) in [7, 11) is 0. The summed E-state index contributed by atoms with van der Waals surface area (Å²) >= 11 is 1.82. The quantitative estimate of drug-likeness (QED) is 0.648. The Labute approximate surface area is 113 Å². The van der Waals surface area contributed by atoms with E-state index in [2.05, 4.69) is 45.0 Å². The van der Waals surface area contributed by atoms with Crippen LogP contribution in [0.1, 0.15) is 22.3 Å². The molecular weight excluding hydrogens is 238 g/mol. The molecule has 0 saturated carbocycles. The number of hydrogen-bond donors (Lipinski definition) is 1. The van der Waals surface area contributed by atoms with Crippen molar-refractivity contribution >= 4 is 17.4 Å². The van der Waals surface area contributed by atoms with E-state index in [1.165, 1.54) is 27.1 Å². The second-order valence-electron chi connectivity index (χ2n) is 4.78. The molecule has 94 valence electrons. The lowest BCUT2D eigenvalue weighted by Crippen LogP contribution is -1.92. The summed E-state index contributed by atoms with van der Waals surface area (Å²) in [5.41, 5.74) is 12.2. The number of nitrogen functional groups attached to an aromatic ring is 1. The average Bonchev–Trinajstić information content (AvgIpc) is 2.27. The summed E-state index contributed by atoms with van der Waals surface area (Å²) < 4.78 is 0. The molecule has 0 radical (unpaired) electrons. The second-order valence-corrected chi connectivity index (χ2v) is 5.76. The maximum absolute atomic E-state index is 6.02. The average molecular weight is 257 g/mol. The van der Waals surface area contributed by atoms with E-state index in [-0.39, 0.29) is 0 Å². The number of thioether (sulfide) groups is 1. The van der Waals surface area contributed by atoms with Crippen LogP contribution in [0, 0.1) is 20.8 Å². The monoisotopic (exact) mass is 257 g/mol. The number of hydrogen-bond acceptors (Lipinski definition) is 2. The van der Waals surface area contributed by atoms with Gasteiger partial charge in [0.05, 0.1) is 0 Å². The number of aryl methyl sites for hydroxylation is 3. The molecule has 0 aliphatic rings. The van der Waals surface area contributed by atoms with Crippen molar-refractivity contribution in [3.8, 4) is 0 Å². The van der Waals surface area contributed by atoms with Crippen LogP contribution in [0.4, 0.5) is 5.69 Å². The van der Waals surface area contributed by atoms with E-state index in [0.29, 0.717) is 0 Å². The van der Waals surface area contributed by atoms with Crippen molar-refractivity contribution < 1.29 is 0 Å². The molecule has 18 heavy (non-hydrogen) atoms. The molecule has 2 aromatic rings. The maximum Gasteiger partial charge on any atom is 0.0455 e. The van der Waals surface area contributed by atoms with Crippen LogP contribution in [-0.2, 0) is 5.75 Å². The van der Waals surface area contributed by atoms with Gasteiger partial charge in [-0.1, -0.05) is 41.5 Å². The Kier molecular flexibility index (Phi) is 3.97. The predicted molar refractivity (Wildman–Crippen MR) is 81.1 cm³/mol. The second kappa shape index (κ2) is 5.49. The highest BCUT2D eigenvalue weighted by atomic mass is 32.2. The summed E-state index contributed by atoms with van der Waals surface area (Å²) in [5, 5.41) is 0. The molecule has 0 saturated heterocycles. The Morgan fingerprint density at radius 3 is 2.28 bits per heavy atom. The number of nitrogens with two attached hydrogens (primary N) is 1. The Hall–Kier alpha value is -1.41. The van der Waals surface area contributed by atoms with Gasteiger partial charge in [0.1, 0.15) is 0 Å². The molecule has 0 heterocycles. The molecule has 2 aromatic carbocycles. The molecule has 2 heteroatoms. The van der Waals surface area contributed by atoms with Crippen molar-refractivity contribution in [2.75, 3.05) is 5.73 Å². The lowest BCUT2D eigenvalue weighted by molar-refractivity contribution is 1.27. The molecule has 1 nitrogen and oxygen atoms in total. The minimum Gasteiger partial charge on any atom is -0.398 e. The summed E-state index contributed by atoms with van der Waals surface area (Å²) in [6, 6.07) is 12.8. The Morgan fingerprint density at radius 2 is 1.67 bits per heavy atom. The lowest BCUT2D eigenvalue weighted by atomic mass is 10.1. The van der Waals surface area contributed by atoms with Gasteiger partial charge in [-0.2, -0.15) is 0 Å². The highest BCUT2D eigenvalue weighted by Gasteiger charge is 2.04. The molecule has 0 aliphatic carbocycles. The molecule has 0 aromatic heterocycles. The van der Waals surface area contributed by atoms with Crippen LogP contribution < -0.4 is 5.73 Å². The SMILES string of the molecule is Cc1cc(C)cc(CSc2c(C)cccc2N)c1. The third kappa shape index (κ3) is 3.08. The van der Waals surface area contributed by atoms with Gasteiger partial charge in [0, 0.05) is 16.3 Å². The predicted octanol–water partition coefficient (Wildman–Crippen LogP) is 4.49. The van der Waals surface area contributed by atoms with Crippen molar-refractivity contribution in [2.24, 2.45) is 0 Å². The molecule has 0 spiro atoms. The minimum absolute atomic E-state index is 0.879. The lowest BCUT2D eigenvalue weighted by Gasteiger charge is -2.09. The fourth-order valence-electron chi connectivity index (χ4n) is 2.18. The normalized spacial score (nSPS) is 10.6. The molecule has 2 rings (SSSR count). The fourth-order valence-corrected chi connectivity index (χ4v) is 3.19. The topological polar surface area (TPSA) is 26.0 Å². The summed E-state index contributed by atoms with van der Waals surface area (Å²) in [6.07, 6.45) is 0. The Bertz CT molecular complexity index is 521. The third-order valence-corrected chi connectivity index (χ3v) is 4.23. The summed E-state index contributed by atoms with van der Waals surface area (Å²) in [6.45, 7) is 6.40. The summed E-state index contributed by atoms with van der Waals surface area (Å²) in [5.74, 6) is 0.970. The van der Waals surface area contributed by atoms with E-state index < -0.39 is 0 Å². The van der Waals surface area contributed by atoms with Gasteiger partial charge in [0.2, 0.25) is 0 Å². The maximum atomic E-state index is 6.02. The van der Waals surface area contributed by atoms with Crippen molar-refractivity contribution in [2.45, 2.75) is 31.4 Å².